The van der Waals surface area contributed by atoms with Gasteiger partial charge >= 0.3 is 0 Å². The van der Waals surface area contributed by atoms with Gasteiger partial charge in [-0.25, -0.2) is 4.98 Å². The average molecular weight is 290 g/mol. The highest BCUT2D eigenvalue weighted by atomic mass is 32.1. The summed E-state index contributed by atoms with van der Waals surface area (Å²) in [5.41, 5.74) is 0.862. The van der Waals surface area contributed by atoms with Crippen molar-refractivity contribution in [3.05, 3.63) is 36.0 Å². The normalized spacial score (nSPS) is 11.1. The van der Waals surface area contributed by atoms with Gasteiger partial charge in [0.15, 0.2) is 11.5 Å². The molecule has 0 unspecified atom stereocenters. The van der Waals surface area contributed by atoms with Crippen LogP contribution in [0.3, 0.4) is 0 Å². The van der Waals surface area contributed by atoms with Crippen LogP contribution in [0, 0.1) is 0 Å². The minimum absolute atomic E-state index is 0.437. The molecule has 0 aliphatic heterocycles. The topological polar surface area (TPSA) is 77.2 Å². The van der Waals surface area contributed by atoms with Crippen molar-refractivity contribution in [3.8, 4) is 0 Å². The van der Waals surface area contributed by atoms with Crippen LogP contribution in [0.4, 0.5) is 5.13 Å². The molecule has 0 saturated heterocycles. The number of ether oxygens (including phenoxy) is 1. The number of hydrogen-bond donors (Lipinski definition) is 1. The number of pyridine rings is 1. The third-order valence-electron chi connectivity index (χ3n) is 2.75. The third-order valence-corrected chi connectivity index (χ3v) is 3.46. The van der Waals surface area contributed by atoms with Crippen molar-refractivity contribution in [1.29, 1.82) is 0 Å². The molecular formula is C12H14N6OS. The molecule has 0 atom stereocenters. The van der Waals surface area contributed by atoms with Crippen molar-refractivity contribution in [2.24, 2.45) is 0 Å². The predicted octanol–water partition coefficient (Wildman–Crippen LogP) is 1.38. The number of nitrogens with zero attached hydrogens (tertiary/aromatic N) is 5. The van der Waals surface area contributed by atoms with E-state index in [0.29, 0.717) is 12.4 Å². The molecule has 0 amide bonds. The molecule has 0 saturated carbocycles. The summed E-state index contributed by atoms with van der Waals surface area (Å²) in [4.78, 5) is 4.31. The van der Waals surface area contributed by atoms with Crippen LogP contribution < -0.4 is 5.32 Å². The number of aromatic nitrogens is 5. The fourth-order valence-electron chi connectivity index (χ4n) is 1.86. The minimum atomic E-state index is 0.437. The highest BCUT2D eigenvalue weighted by Gasteiger charge is 2.06. The van der Waals surface area contributed by atoms with Gasteiger partial charge < -0.3 is 10.1 Å². The number of anilines is 1. The molecule has 7 nitrogen and oxygen atoms in total. The van der Waals surface area contributed by atoms with Gasteiger partial charge in [-0.2, -0.15) is 4.37 Å². The van der Waals surface area contributed by atoms with Crippen molar-refractivity contribution in [2.45, 2.75) is 13.0 Å². The first-order valence-electron chi connectivity index (χ1n) is 6.21. The van der Waals surface area contributed by atoms with Gasteiger partial charge in [-0.15, -0.1) is 10.2 Å². The van der Waals surface area contributed by atoms with E-state index in [1.165, 1.54) is 11.5 Å². The molecule has 0 bridgehead atoms. The van der Waals surface area contributed by atoms with E-state index < -0.39 is 0 Å². The number of nitrogens with one attached hydrogen (secondary N) is 1. The van der Waals surface area contributed by atoms with Gasteiger partial charge in [-0.05, 0) is 12.1 Å². The smallest absolute Gasteiger partial charge is 0.202 e. The lowest BCUT2D eigenvalue weighted by molar-refractivity contribution is 0.179. The lowest BCUT2D eigenvalue weighted by Crippen LogP contribution is -2.07. The van der Waals surface area contributed by atoms with Gasteiger partial charge in [0.05, 0.1) is 0 Å². The molecule has 3 rings (SSSR count). The third kappa shape index (κ3) is 2.75. The molecule has 20 heavy (non-hydrogen) atoms. The maximum atomic E-state index is 4.99. The van der Waals surface area contributed by atoms with E-state index >= 15 is 0 Å². The Labute approximate surface area is 119 Å². The van der Waals surface area contributed by atoms with E-state index in [1.807, 2.05) is 28.8 Å². The zero-order valence-electron chi connectivity index (χ0n) is 11.0. The summed E-state index contributed by atoms with van der Waals surface area (Å²) in [5.74, 6) is 1.63. The van der Waals surface area contributed by atoms with Crippen LogP contribution in [0.5, 0.6) is 0 Å². The first-order valence-corrected chi connectivity index (χ1v) is 6.98. The van der Waals surface area contributed by atoms with Gasteiger partial charge in [0.1, 0.15) is 12.4 Å². The highest BCUT2D eigenvalue weighted by molar-refractivity contribution is 7.09. The molecule has 3 aromatic rings. The Hall–Kier alpha value is -2.06. The van der Waals surface area contributed by atoms with E-state index in [-0.39, 0.29) is 0 Å². The number of methoxy groups -OCH3 is 1. The van der Waals surface area contributed by atoms with E-state index in [2.05, 4.69) is 24.9 Å². The SMILES string of the molecule is COCc1nsc(NCCc2nnc3ccccn23)n1. The van der Waals surface area contributed by atoms with E-state index in [1.54, 1.807) is 7.11 Å². The van der Waals surface area contributed by atoms with Crippen LogP contribution >= 0.6 is 11.5 Å². The molecule has 0 radical (unpaired) electrons. The molecule has 104 valence electrons. The van der Waals surface area contributed by atoms with E-state index in [9.17, 15) is 0 Å². The maximum absolute atomic E-state index is 4.99. The summed E-state index contributed by atoms with van der Waals surface area (Å²) < 4.78 is 11.2. The largest absolute Gasteiger partial charge is 0.377 e. The lowest BCUT2D eigenvalue weighted by Gasteiger charge is -2.01. The molecule has 0 fully saturated rings. The van der Waals surface area contributed by atoms with Crippen molar-refractivity contribution in [2.75, 3.05) is 19.0 Å². The highest BCUT2D eigenvalue weighted by Crippen LogP contribution is 2.11. The average Bonchev–Trinajstić information content (AvgIpc) is 3.07. The summed E-state index contributed by atoms with van der Waals surface area (Å²) in [7, 11) is 1.63. The van der Waals surface area contributed by atoms with Crippen LogP contribution in [-0.2, 0) is 17.8 Å². The fourth-order valence-corrected chi connectivity index (χ4v) is 2.45. The lowest BCUT2D eigenvalue weighted by atomic mass is 10.4. The Bertz CT molecular complexity index is 694. The van der Waals surface area contributed by atoms with Crippen LogP contribution in [-0.4, -0.2) is 37.6 Å². The Balaban J connectivity index is 1.59. The standard InChI is InChI=1S/C12H14N6OS/c1-19-8-9-14-12(20-17-9)13-6-5-11-16-15-10-4-2-3-7-18(10)11/h2-4,7H,5-6,8H2,1H3,(H,13,14,17). The van der Waals surface area contributed by atoms with Crippen molar-refractivity contribution < 1.29 is 4.74 Å². The summed E-state index contributed by atoms with van der Waals surface area (Å²) in [5, 5.41) is 12.3. The minimum Gasteiger partial charge on any atom is -0.377 e. The second-order valence-corrected chi connectivity index (χ2v) is 4.92. The van der Waals surface area contributed by atoms with Gasteiger partial charge in [0, 0.05) is 37.8 Å². The van der Waals surface area contributed by atoms with Crippen LogP contribution in [0.2, 0.25) is 0 Å². The monoisotopic (exact) mass is 290 g/mol. The summed E-state index contributed by atoms with van der Waals surface area (Å²) in [6, 6.07) is 5.85. The molecule has 3 heterocycles. The summed E-state index contributed by atoms with van der Waals surface area (Å²) >= 11 is 1.34. The Morgan fingerprint density at radius 2 is 2.30 bits per heavy atom. The van der Waals surface area contributed by atoms with Gasteiger partial charge in [0.25, 0.3) is 0 Å². The van der Waals surface area contributed by atoms with Crippen molar-refractivity contribution in [3.63, 3.8) is 0 Å². The Morgan fingerprint density at radius 1 is 1.35 bits per heavy atom. The molecule has 3 aromatic heterocycles. The first kappa shape index (κ1) is 12.9. The fraction of sp³-hybridized carbons (Fsp3) is 0.333. The van der Waals surface area contributed by atoms with Crippen molar-refractivity contribution >= 4 is 22.3 Å². The second kappa shape index (κ2) is 5.93. The number of hydrogen-bond acceptors (Lipinski definition) is 7. The van der Waals surface area contributed by atoms with Crippen molar-refractivity contribution in [1.82, 2.24) is 24.0 Å². The zero-order valence-corrected chi connectivity index (χ0v) is 11.8. The molecule has 0 spiro atoms. The van der Waals surface area contributed by atoms with Crippen LogP contribution in [0.1, 0.15) is 11.6 Å². The van der Waals surface area contributed by atoms with E-state index in [0.717, 1.165) is 29.6 Å². The summed E-state index contributed by atoms with van der Waals surface area (Å²) in [6.07, 6.45) is 2.73. The summed E-state index contributed by atoms with van der Waals surface area (Å²) in [6.45, 7) is 1.17. The first-order chi connectivity index (χ1) is 9.86. The van der Waals surface area contributed by atoms with Crippen LogP contribution in [0.15, 0.2) is 24.4 Å². The Morgan fingerprint density at radius 3 is 3.20 bits per heavy atom. The zero-order chi connectivity index (χ0) is 13.8. The van der Waals surface area contributed by atoms with Gasteiger partial charge in [0.2, 0.25) is 5.13 Å². The van der Waals surface area contributed by atoms with E-state index in [4.69, 9.17) is 4.74 Å². The molecular weight excluding hydrogens is 276 g/mol. The molecule has 8 heteroatoms. The molecule has 0 aliphatic rings. The Kier molecular flexibility index (Phi) is 3.84. The quantitative estimate of drug-likeness (QED) is 0.739. The molecule has 0 aromatic carbocycles. The maximum Gasteiger partial charge on any atom is 0.202 e. The van der Waals surface area contributed by atoms with Gasteiger partial charge in [-0.3, -0.25) is 4.40 Å². The molecule has 1 N–H and O–H groups in total. The van der Waals surface area contributed by atoms with Crippen LogP contribution in [0.25, 0.3) is 5.65 Å². The number of fused-ring (bicyclic) bond motifs is 1. The van der Waals surface area contributed by atoms with Gasteiger partial charge in [-0.1, -0.05) is 6.07 Å². The number of rotatable bonds is 6. The molecule has 0 aliphatic carbocycles. The predicted molar refractivity (Wildman–Crippen MR) is 75.8 cm³/mol. The second-order valence-electron chi connectivity index (χ2n) is 4.17.